The summed E-state index contributed by atoms with van der Waals surface area (Å²) in [4.78, 5) is 29.2. The Bertz CT molecular complexity index is 821. The van der Waals surface area contributed by atoms with E-state index in [0.717, 1.165) is 17.7 Å². The van der Waals surface area contributed by atoms with E-state index in [1.807, 2.05) is 46.8 Å². The molecule has 1 aromatic heterocycles. The number of benzene rings is 1. The molecule has 6 heteroatoms. The highest BCUT2D eigenvalue weighted by molar-refractivity contribution is 5.87. The molecule has 0 aliphatic rings. The van der Waals surface area contributed by atoms with Crippen LogP contribution < -0.4 is 0 Å². The highest BCUT2D eigenvalue weighted by Gasteiger charge is 2.29. The first-order valence-electron chi connectivity index (χ1n) is 9.97. The van der Waals surface area contributed by atoms with E-state index in [-0.39, 0.29) is 30.7 Å². The van der Waals surface area contributed by atoms with Gasteiger partial charge in [-0.2, -0.15) is 0 Å². The van der Waals surface area contributed by atoms with Gasteiger partial charge in [0.2, 0.25) is 11.8 Å². The third kappa shape index (κ3) is 6.73. The van der Waals surface area contributed by atoms with Gasteiger partial charge in [-0.15, -0.1) is 0 Å². The Balaban J connectivity index is 2.21. The first-order valence-corrected chi connectivity index (χ1v) is 9.97. The third-order valence-corrected chi connectivity index (χ3v) is 4.53. The standard InChI is InChI=1S/C23H31FN2O3/c1-6-13-25(22(28)23(3,4)5)16-21(27)26(15-20-12-7-17(2)29-20)14-18-8-10-19(24)11-9-18/h7-12H,6,13-16H2,1-5H3. The van der Waals surface area contributed by atoms with Crippen LogP contribution in [0.3, 0.4) is 0 Å². The van der Waals surface area contributed by atoms with Crippen LogP contribution in [0.25, 0.3) is 0 Å². The van der Waals surface area contributed by atoms with Gasteiger partial charge in [-0.1, -0.05) is 39.8 Å². The van der Waals surface area contributed by atoms with Crippen molar-refractivity contribution in [3.05, 3.63) is 59.3 Å². The number of rotatable bonds is 8. The van der Waals surface area contributed by atoms with Crippen molar-refractivity contribution < 1.29 is 18.4 Å². The average molecular weight is 403 g/mol. The fourth-order valence-electron chi connectivity index (χ4n) is 3.06. The van der Waals surface area contributed by atoms with E-state index >= 15 is 0 Å². The monoisotopic (exact) mass is 402 g/mol. The second-order valence-electron chi connectivity index (χ2n) is 8.37. The molecule has 0 spiro atoms. The van der Waals surface area contributed by atoms with Crippen LogP contribution in [0.15, 0.2) is 40.8 Å². The SMILES string of the molecule is CCCN(CC(=O)N(Cc1ccc(F)cc1)Cc1ccc(C)o1)C(=O)C(C)(C)C. The van der Waals surface area contributed by atoms with Crippen LogP contribution in [-0.4, -0.2) is 34.7 Å². The molecule has 1 heterocycles. The summed E-state index contributed by atoms with van der Waals surface area (Å²) in [7, 11) is 0. The van der Waals surface area contributed by atoms with Crippen molar-refractivity contribution >= 4 is 11.8 Å². The van der Waals surface area contributed by atoms with Crippen molar-refractivity contribution in [2.45, 2.75) is 54.1 Å². The van der Waals surface area contributed by atoms with Gasteiger partial charge in [0.1, 0.15) is 17.3 Å². The number of hydrogen-bond donors (Lipinski definition) is 0. The zero-order valence-electron chi connectivity index (χ0n) is 18.0. The predicted octanol–water partition coefficient (Wildman–Crippen LogP) is 4.54. The fourth-order valence-corrected chi connectivity index (χ4v) is 3.06. The summed E-state index contributed by atoms with van der Waals surface area (Å²) in [6, 6.07) is 9.76. The maximum atomic E-state index is 13.2. The molecule has 0 aliphatic carbocycles. The molecular formula is C23H31FN2O3. The van der Waals surface area contributed by atoms with Gasteiger partial charge in [-0.05, 0) is 43.2 Å². The summed E-state index contributed by atoms with van der Waals surface area (Å²) >= 11 is 0. The van der Waals surface area contributed by atoms with Gasteiger partial charge in [0, 0.05) is 18.5 Å². The largest absolute Gasteiger partial charge is 0.464 e. The lowest BCUT2D eigenvalue weighted by atomic mass is 9.94. The molecule has 0 N–H and O–H groups in total. The van der Waals surface area contributed by atoms with Gasteiger partial charge >= 0.3 is 0 Å². The molecule has 29 heavy (non-hydrogen) atoms. The maximum Gasteiger partial charge on any atom is 0.242 e. The van der Waals surface area contributed by atoms with E-state index < -0.39 is 5.41 Å². The molecule has 0 saturated carbocycles. The lowest BCUT2D eigenvalue weighted by Crippen LogP contribution is -2.46. The van der Waals surface area contributed by atoms with Gasteiger partial charge in [-0.3, -0.25) is 9.59 Å². The summed E-state index contributed by atoms with van der Waals surface area (Å²) in [6.07, 6.45) is 0.768. The van der Waals surface area contributed by atoms with Crippen LogP contribution in [0.5, 0.6) is 0 Å². The van der Waals surface area contributed by atoms with Gasteiger partial charge in [0.15, 0.2) is 0 Å². The Labute approximate surface area is 172 Å². The first kappa shape index (κ1) is 22.7. The molecule has 1 aromatic carbocycles. The molecule has 0 atom stereocenters. The second-order valence-corrected chi connectivity index (χ2v) is 8.37. The quantitative estimate of drug-likeness (QED) is 0.651. The number of carbonyl (C=O) groups is 2. The van der Waals surface area contributed by atoms with Gasteiger partial charge in [-0.25, -0.2) is 4.39 Å². The summed E-state index contributed by atoms with van der Waals surface area (Å²) in [5.74, 6) is 0.891. The van der Waals surface area contributed by atoms with E-state index in [1.165, 1.54) is 12.1 Å². The van der Waals surface area contributed by atoms with E-state index in [9.17, 15) is 14.0 Å². The van der Waals surface area contributed by atoms with E-state index in [1.54, 1.807) is 21.9 Å². The summed E-state index contributed by atoms with van der Waals surface area (Å²) in [5, 5.41) is 0. The average Bonchev–Trinajstić information content (AvgIpc) is 3.06. The Hall–Kier alpha value is -2.63. The molecule has 0 aliphatic heterocycles. The van der Waals surface area contributed by atoms with Crippen LogP contribution in [0, 0.1) is 18.2 Å². The number of nitrogens with zero attached hydrogens (tertiary/aromatic N) is 2. The van der Waals surface area contributed by atoms with Crippen LogP contribution in [0.2, 0.25) is 0 Å². The van der Waals surface area contributed by atoms with Crippen LogP contribution in [0.4, 0.5) is 4.39 Å². The maximum absolute atomic E-state index is 13.2. The molecule has 2 aromatic rings. The molecule has 0 unspecified atom stereocenters. The minimum Gasteiger partial charge on any atom is -0.464 e. The lowest BCUT2D eigenvalue weighted by Gasteiger charge is -2.31. The van der Waals surface area contributed by atoms with E-state index in [4.69, 9.17) is 4.42 Å². The van der Waals surface area contributed by atoms with Crippen LogP contribution in [0.1, 0.15) is 51.2 Å². The molecule has 0 saturated heterocycles. The van der Waals surface area contributed by atoms with Crippen molar-refractivity contribution in [3.63, 3.8) is 0 Å². The first-order chi connectivity index (χ1) is 13.6. The molecule has 2 rings (SSSR count). The van der Waals surface area contributed by atoms with Crippen molar-refractivity contribution in [1.82, 2.24) is 9.80 Å². The summed E-state index contributed by atoms with van der Waals surface area (Å²) in [5.41, 5.74) is 0.252. The molecular weight excluding hydrogens is 371 g/mol. The van der Waals surface area contributed by atoms with Gasteiger partial charge in [0.05, 0.1) is 13.1 Å². The predicted molar refractivity (Wildman–Crippen MR) is 110 cm³/mol. The lowest BCUT2D eigenvalue weighted by molar-refractivity contribution is -0.146. The molecule has 2 amide bonds. The number of halogens is 1. The molecule has 5 nitrogen and oxygen atoms in total. The molecule has 0 bridgehead atoms. The third-order valence-electron chi connectivity index (χ3n) is 4.53. The number of aryl methyl sites for hydroxylation is 1. The Morgan fingerprint density at radius 3 is 2.17 bits per heavy atom. The molecule has 158 valence electrons. The Kier molecular flexibility index (Phi) is 7.59. The topological polar surface area (TPSA) is 53.8 Å². The summed E-state index contributed by atoms with van der Waals surface area (Å²) in [6.45, 7) is 10.5. The van der Waals surface area contributed by atoms with Crippen molar-refractivity contribution in [2.75, 3.05) is 13.1 Å². The fraction of sp³-hybridized carbons (Fsp3) is 0.478. The van der Waals surface area contributed by atoms with Crippen molar-refractivity contribution in [3.8, 4) is 0 Å². The number of carbonyl (C=O) groups excluding carboxylic acids is 2. The minimum absolute atomic E-state index is 0.00479. The van der Waals surface area contributed by atoms with Gasteiger partial charge < -0.3 is 14.2 Å². The Morgan fingerprint density at radius 1 is 1.00 bits per heavy atom. The van der Waals surface area contributed by atoms with Crippen molar-refractivity contribution in [2.24, 2.45) is 5.41 Å². The van der Waals surface area contributed by atoms with Crippen LogP contribution in [-0.2, 0) is 22.7 Å². The Morgan fingerprint density at radius 2 is 1.66 bits per heavy atom. The number of amides is 2. The normalized spacial score (nSPS) is 11.4. The zero-order valence-corrected chi connectivity index (χ0v) is 18.0. The minimum atomic E-state index is -0.560. The molecule has 0 radical (unpaired) electrons. The van der Waals surface area contributed by atoms with Crippen LogP contribution >= 0.6 is 0 Å². The number of furan rings is 1. The zero-order chi connectivity index (χ0) is 21.6. The smallest absolute Gasteiger partial charge is 0.242 e. The van der Waals surface area contributed by atoms with E-state index in [0.29, 0.717) is 18.8 Å². The highest BCUT2D eigenvalue weighted by Crippen LogP contribution is 2.19. The number of hydrogen-bond acceptors (Lipinski definition) is 3. The van der Waals surface area contributed by atoms with E-state index in [2.05, 4.69) is 0 Å². The second kappa shape index (κ2) is 9.72. The highest BCUT2D eigenvalue weighted by atomic mass is 19.1. The van der Waals surface area contributed by atoms with Crippen molar-refractivity contribution in [1.29, 1.82) is 0 Å². The molecule has 0 fully saturated rings. The summed E-state index contributed by atoms with van der Waals surface area (Å²) < 4.78 is 18.9. The van der Waals surface area contributed by atoms with Gasteiger partial charge in [0.25, 0.3) is 0 Å².